The van der Waals surface area contributed by atoms with E-state index in [-0.39, 0.29) is 11.9 Å². The van der Waals surface area contributed by atoms with E-state index in [1.165, 1.54) is 11.3 Å². The van der Waals surface area contributed by atoms with E-state index in [9.17, 15) is 8.42 Å². The first-order valence-corrected chi connectivity index (χ1v) is 9.15. The minimum Gasteiger partial charge on any atom is -0.395 e. The van der Waals surface area contributed by atoms with E-state index in [0.29, 0.717) is 13.0 Å². The Hall–Kier alpha value is -0.870. The van der Waals surface area contributed by atoms with Crippen LogP contribution >= 0.6 is 11.3 Å². The predicted octanol–water partition coefficient (Wildman–Crippen LogP) is 1.84. The van der Waals surface area contributed by atoms with Crippen molar-refractivity contribution in [3.8, 4) is 11.8 Å². The normalized spacial score (nSPS) is 16.1. The van der Waals surface area contributed by atoms with Gasteiger partial charge in [-0.3, -0.25) is 0 Å². The third-order valence-electron chi connectivity index (χ3n) is 3.30. The van der Waals surface area contributed by atoms with Crippen molar-refractivity contribution in [2.45, 2.75) is 43.9 Å². The second kappa shape index (κ2) is 7.23. The molecule has 6 heteroatoms. The second-order valence-electron chi connectivity index (χ2n) is 4.81. The molecular weight excluding hydrogens is 294 g/mol. The molecule has 1 aromatic rings. The van der Waals surface area contributed by atoms with Gasteiger partial charge in [0.25, 0.3) is 0 Å². The fraction of sp³-hybridized carbons (Fsp3) is 0.571. The fourth-order valence-corrected chi connectivity index (χ4v) is 4.69. The monoisotopic (exact) mass is 313 g/mol. The van der Waals surface area contributed by atoms with Crippen molar-refractivity contribution in [1.29, 1.82) is 0 Å². The molecule has 20 heavy (non-hydrogen) atoms. The van der Waals surface area contributed by atoms with Gasteiger partial charge >= 0.3 is 0 Å². The van der Waals surface area contributed by atoms with Crippen LogP contribution in [0.3, 0.4) is 0 Å². The summed E-state index contributed by atoms with van der Waals surface area (Å²) in [6, 6.07) is 3.78. The van der Waals surface area contributed by atoms with Crippen LogP contribution in [0, 0.1) is 11.8 Å². The van der Waals surface area contributed by atoms with Gasteiger partial charge in [-0.1, -0.05) is 24.7 Å². The van der Waals surface area contributed by atoms with Crippen molar-refractivity contribution in [3.63, 3.8) is 0 Å². The summed E-state index contributed by atoms with van der Waals surface area (Å²) < 4.78 is 26.8. The largest absolute Gasteiger partial charge is 0.395 e. The average molecular weight is 313 g/mol. The molecule has 4 nitrogen and oxygen atoms in total. The van der Waals surface area contributed by atoms with Crippen LogP contribution in [0.5, 0.6) is 0 Å². The van der Waals surface area contributed by atoms with E-state index in [4.69, 9.17) is 5.11 Å². The quantitative estimate of drug-likeness (QED) is 0.815. The number of sulfonamides is 1. The van der Waals surface area contributed by atoms with Crippen molar-refractivity contribution < 1.29 is 13.5 Å². The molecule has 0 radical (unpaired) electrons. The number of rotatable bonds is 5. The van der Waals surface area contributed by atoms with E-state index >= 15 is 0 Å². The summed E-state index contributed by atoms with van der Waals surface area (Å²) in [5.41, 5.74) is 0. The second-order valence-corrected chi connectivity index (χ2v) is 8.03. The highest BCUT2D eigenvalue weighted by molar-refractivity contribution is 7.90. The van der Waals surface area contributed by atoms with Crippen LogP contribution in [0.25, 0.3) is 0 Å². The Kier molecular flexibility index (Phi) is 5.61. The molecule has 1 aliphatic carbocycles. The molecule has 0 aliphatic heterocycles. The van der Waals surface area contributed by atoms with Gasteiger partial charge in [-0.2, -0.15) is 0 Å². The number of hydrogen-bond donors (Lipinski definition) is 2. The van der Waals surface area contributed by atoms with E-state index in [0.717, 1.165) is 35.4 Å². The lowest BCUT2D eigenvalue weighted by atomic mass is 10.4. The Morgan fingerprint density at radius 1 is 1.35 bits per heavy atom. The summed E-state index contributed by atoms with van der Waals surface area (Å²) >= 11 is 1.48. The molecule has 2 rings (SSSR count). The molecule has 2 N–H and O–H groups in total. The lowest BCUT2D eigenvalue weighted by Gasteiger charge is -2.11. The van der Waals surface area contributed by atoms with E-state index in [1.807, 2.05) is 12.1 Å². The molecule has 0 amide bonds. The van der Waals surface area contributed by atoms with Crippen molar-refractivity contribution in [2.75, 3.05) is 6.61 Å². The Bertz CT molecular complexity index is 589. The molecule has 1 heterocycles. The Morgan fingerprint density at radius 2 is 2.10 bits per heavy atom. The molecule has 1 aliphatic rings. The summed E-state index contributed by atoms with van der Waals surface area (Å²) in [4.78, 5) is 1.85. The van der Waals surface area contributed by atoms with Gasteiger partial charge in [-0.05, 0) is 25.0 Å². The van der Waals surface area contributed by atoms with E-state index < -0.39 is 10.0 Å². The molecule has 0 aromatic carbocycles. The maximum absolute atomic E-state index is 12.1. The Morgan fingerprint density at radius 3 is 2.80 bits per heavy atom. The lowest BCUT2D eigenvalue weighted by molar-refractivity contribution is 0.305. The van der Waals surface area contributed by atoms with Gasteiger partial charge in [-0.25, -0.2) is 13.1 Å². The van der Waals surface area contributed by atoms with Crippen LogP contribution in [-0.4, -0.2) is 25.4 Å². The number of hydrogen-bond acceptors (Lipinski definition) is 4. The molecule has 110 valence electrons. The van der Waals surface area contributed by atoms with Gasteiger partial charge in [-0.15, -0.1) is 11.3 Å². The molecule has 0 atom stereocenters. The van der Waals surface area contributed by atoms with Crippen LogP contribution in [0.2, 0.25) is 0 Å². The number of aliphatic hydroxyl groups is 1. The van der Waals surface area contributed by atoms with Gasteiger partial charge in [0, 0.05) is 17.8 Å². The zero-order valence-electron chi connectivity index (χ0n) is 11.3. The smallest absolute Gasteiger partial charge is 0.214 e. The first-order chi connectivity index (χ1) is 9.62. The molecule has 0 saturated heterocycles. The highest BCUT2D eigenvalue weighted by Crippen LogP contribution is 2.24. The van der Waals surface area contributed by atoms with Crippen molar-refractivity contribution in [2.24, 2.45) is 0 Å². The maximum Gasteiger partial charge on any atom is 0.214 e. The molecular formula is C14H19NO3S2. The van der Waals surface area contributed by atoms with Crippen LogP contribution in [-0.2, 0) is 16.6 Å². The summed E-state index contributed by atoms with van der Waals surface area (Å²) in [5.74, 6) is 5.80. The summed E-state index contributed by atoms with van der Waals surface area (Å²) in [7, 11) is -3.18. The molecule has 0 spiro atoms. The van der Waals surface area contributed by atoms with Crippen LogP contribution < -0.4 is 4.72 Å². The fourth-order valence-electron chi connectivity index (χ4n) is 2.23. The summed E-state index contributed by atoms with van der Waals surface area (Å²) in [6.45, 7) is 0.400. The Balaban J connectivity index is 1.89. The van der Waals surface area contributed by atoms with Gasteiger partial charge in [0.15, 0.2) is 0 Å². The first-order valence-electron chi connectivity index (χ1n) is 6.79. The molecule has 0 bridgehead atoms. The van der Waals surface area contributed by atoms with Crippen molar-refractivity contribution in [1.82, 2.24) is 4.72 Å². The third kappa shape index (κ3) is 4.32. The summed E-state index contributed by atoms with van der Waals surface area (Å²) in [5, 5.41) is 8.43. The topological polar surface area (TPSA) is 66.4 Å². The van der Waals surface area contributed by atoms with Crippen LogP contribution in [0.15, 0.2) is 12.1 Å². The lowest BCUT2D eigenvalue weighted by Crippen LogP contribution is -2.31. The summed E-state index contributed by atoms with van der Waals surface area (Å²) in [6.07, 6.45) is 4.03. The van der Waals surface area contributed by atoms with Gasteiger partial charge in [0.1, 0.15) is 0 Å². The predicted molar refractivity (Wildman–Crippen MR) is 80.9 cm³/mol. The van der Waals surface area contributed by atoms with Crippen LogP contribution in [0.4, 0.5) is 0 Å². The van der Waals surface area contributed by atoms with Crippen LogP contribution in [0.1, 0.15) is 41.9 Å². The standard InChI is InChI=1S/C14H19NO3S2/c16-10-4-3-5-12-8-9-13(19-12)11-15-20(17,18)14-6-1-2-7-14/h8-9,14-16H,1-2,4,6-7,10-11H2. The molecule has 1 saturated carbocycles. The van der Waals surface area contributed by atoms with Crippen molar-refractivity contribution >= 4 is 21.4 Å². The highest BCUT2D eigenvalue weighted by atomic mass is 32.2. The molecule has 1 aromatic heterocycles. The number of aliphatic hydroxyl groups excluding tert-OH is 1. The SMILES string of the molecule is O=S(=O)(NCc1ccc(C#CCCO)s1)C1CCCC1. The van der Waals surface area contributed by atoms with Crippen molar-refractivity contribution in [3.05, 3.63) is 21.9 Å². The third-order valence-corrected chi connectivity index (χ3v) is 6.20. The zero-order valence-corrected chi connectivity index (χ0v) is 12.9. The van der Waals surface area contributed by atoms with Gasteiger partial charge in [0.05, 0.1) is 16.7 Å². The Labute approximate surface area is 124 Å². The van der Waals surface area contributed by atoms with Gasteiger partial charge < -0.3 is 5.11 Å². The zero-order chi connectivity index (χ0) is 14.4. The molecule has 1 fully saturated rings. The van der Waals surface area contributed by atoms with Gasteiger partial charge in [0.2, 0.25) is 10.0 Å². The minimum atomic E-state index is -3.18. The highest BCUT2D eigenvalue weighted by Gasteiger charge is 2.28. The van der Waals surface area contributed by atoms with E-state index in [2.05, 4.69) is 16.6 Å². The number of thiophene rings is 1. The van der Waals surface area contributed by atoms with E-state index in [1.54, 1.807) is 0 Å². The minimum absolute atomic E-state index is 0.0619. The molecule has 0 unspecified atom stereocenters. The first kappa shape index (κ1) is 15.5. The number of nitrogens with one attached hydrogen (secondary N) is 1. The average Bonchev–Trinajstić information content (AvgIpc) is 3.09. The maximum atomic E-state index is 12.1.